The van der Waals surface area contributed by atoms with Crippen molar-refractivity contribution in [2.24, 2.45) is 0 Å². The summed E-state index contributed by atoms with van der Waals surface area (Å²) in [6, 6.07) is 13.9. The maximum Gasteiger partial charge on any atom is 0.266 e. The molecular formula is C22H21FN2O3S2. The summed E-state index contributed by atoms with van der Waals surface area (Å²) in [5, 5.41) is 12.4. The van der Waals surface area contributed by atoms with Crippen LogP contribution in [0.15, 0.2) is 59.5 Å². The minimum absolute atomic E-state index is 0.226. The number of rotatable bonds is 7. The number of hydrogen-bond acceptors (Lipinski definition) is 5. The zero-order valence-electron chi connectivity index (χ0n) is 16.2. The van der Waals surface area contributed by atoms with Gasteiger partial charge in [-0.1, -0.05) is 66.4 Å². The molecule has 1 aliphatic rings. The number of nitrogens with zero attached hydrogens (tertiary/aromatic N) is 1. The fourth-order valence-corrected chi connectivity index (χ4v) is 4.44. The van der Waals surface area contributed by atoms with Gasteiger partial charge in [-0.05, 0) is 42.7 Å². The average Bonchev–Trinajstić information content (AvgIpc) is 3.02. The molecule has 0 unspecified atom stereocenters. The topological polar surface area (TPSA) is 69.6 Å². The summed E-state index contributed by atoms with van der Waals surface area (Å²) < 4.78 is 13.4. The Kier molecular flexibility index (Phi) is 7.36. The van der Waals surface area contributed by atoms with E-state index in [1.165, 1.54) is 17.0 Å². The number of thioether (sulfide) groups is 1. The molecule has 8 heteroatoms. The molecule has 5 nitrogen and oxygen atoms in total. The Hall–Kier alpha value is -2.55. The first kappa shape index (κ1) is 22.1. The second-order valence-corrected chi connectivity index (χ2v) is 8.53. The predicted molar refractivity (Wildman–Crippen MR) is 120 cm³/mol. The number of amides is 2. The summed E-state index contributed by atoms with van der Waals surface area (Å²) in [6.07, 6.45) is 2.09. The highest BCUT2D eigenvalue weighted by Crippen LogP contribution is 2.34. The number of thiocarbonyl (C=S) groups is 1. The van der Waals surface area contributed by atoms with Gasteiger partial charge in [0.05, 0.1) is 17.6 Å². The molecular weight excluding hydrogens is 423 g/mol. The highest BCUT2D eigenvalue weighted by Gasteiger charge is 2.38. The summed E-state index contributed by atoms with van der Waals surface area (Å²) in [6.45, 7) is 1.37. The van der Waals surface area contributed by atoms with Gasteiger partial charge in [-0.2, -0.15) is 0 Å². The molecule has 3 rings (SSSR count). The van der Waals surface area contributed by atoms with Gasteiger partial charge in [0.1, 0.15) is 16.2 Å². The summed E-state index contributed by atoms with van der Waals surface area (Å²) in [5.74, 6) is -1.14. The van der Waals surface area contributed by atoms with Gasteiger partial charge in [0.25, 0.3) is 5.91 Å². The van der Waals surface area contributed by atoms with Crippen molar-refractivity contribution in [3.05, 3.63) is 76.4 Å². The zero-order valence-corrected chi connectivity index (χ0v) is 17.9. The average molecular weight is 445 g/mol. The first-order chi connectivity index (χ1) is 14.4. The van der Waals surface area contributed by atoms with Crippen LogP contribution >= 0.6 is 24.0 Å². The molecule has 0 radical (unpaired) electrons. The largest absolute Gasteiger partial charge is 0.394 e. The van der Waals surface area contributed by atoms with Crippen molar-refractivity contribution in [2.75, 3.05) is 6.61 Å². The second-order valence-electron chi connectivity index (χ2n) is 6.86. The number of halogens is 1. The molecule has 0 saturated carbocycles. The van der Waals surface area contributed by atoms with Crippen LogP contribution in [0.4, 0.5) is 4.39 Å². The van der Waals surface area contributed by atoms with E-state index >= 15 is 0 Å². The molecule has 1 saturated heterocycles. The zero-order chi connectivity index (χ0) is 21.7. The summed E-state index contributed by atoms with van der Waals surface area (Å²) >= 11 is 6.41. The molecule has 2 N–H and O–H groups in total. The van der Waals surface area contributed by atoms with E-state index < -0.39 is 18.0 Å². The van der Waals surface area contributed by atoms with Gasteiger partial charge < -0.3 is 10.4 Å². The lowest BCUT2D eigenvalue weighted by molar-refractivity contribution is -0.132. The van der Waals surface area contributed by atoms with E-state index in [4.69, 9.17) is 12.2 Å². The molecule has 2 aromatic carbocycles. The van der Waals surface area contributed by atoms with Crippen LogP contribution in [0.1, 0.15) is 18.1 Å². The lowest BCUT2D eigenvalue weighted by atomic mass is 10.1. The molecule has 2 amide bonds. The number of benzene rings is 2. The van der Waals surface area contributed by atoms with Crippen LogP contribution in [-0.4, -0.2) is 44.8 Å². The number of carbonyl (C=O) groups is 2. The van der Waals surface area contributed by atoms with Crippen molar-refractivity contribution in [3.8, 4) is 0 Å². The van der Waals surface area contributed by atoms with Gasteiger partial charge in [-0.3, -0.25) is 14.5 Å². The third-order valence-electron chi connectivity index (χ3n) is 4.65. The molecule has 156 valence electrons. The molecule has 0 spiro atoms. The van der Waals surface area contributed by atoms with Gasteiger partial charge in [-0.15, -0.1) is 0 Å². The Morgan fingerprint density at radius 2 is 1.90 bits per heavy atom. The van der Waals surface area contributed by atoms with Crippen LogP contribution in [-0.2, 0) is 16.0 Å². The molecule has 30 heavy (non-hydrogen) atoms. The molecule has 2 aromatic rings. The third kappa shape index (κ3) is 5.33. The van der Waals surface area contributed by atoms with Crippen molar-refractivity contribution in [1.29, 1.82) is 0 Å². The summed E-state index contributed by atoms with van der Waals surface area (Å²) in [5.41, 5.74) is 1.65. The van der Waals surface area contributed by atoms with Crippen LogP contribution in [0.5, 0.6) is 0 Å². The van der Waals surface area contributed by atoms with Crippen LogP contribution < -0.4 is 5.32 Å². The van der Waals surface area contributed by atoms with Gasteiger partial charge >= 0.3 is 0 Å². The van der Waals surface area contributed by atoms with Crippen LogP contribution in [0.3, 0.4) is 0 Å². The Bertz CT molecular complexity index is 964. The molecule has 0 aliphatic carbocycles. The van der Waals surface area contributed by atoms with E-state index in [2.05, 4.69) is 5.32 Å². The first-order valence-corrected chi connectivity index (χ1v) is 10.6. The van der Waals surface area contributed by atoms with Crippen molar-refractivity contribution in [3.63, 3.8) is 0 Å². The fraction of sp³-hybridized carbons (Fsp3) is 0.227. The van der Waals surface area contributed by atoms with Crippen LogP contribution in [0, 0.1) is 5.82 Å². The Balaban J connectivity index is 1.68. The normalized spacial score (nSPS) is 17.3. The van der Waals surface area contributed by atoms with Gasteiger partial charge in [0.15, 0.2) is 0 Å². The molecule has 1 fully saturated rings. The number of aliphatic hydroxyl groups excluding tert-OH is 1. The smallest absolute Gasteiger partial charge is 0.266 e. The van der Waals surface area contributed by atoms with E-state index in [-0.39, 0.29) is 22.7 Å². The SMILES string of the molecule is C[C@H](C(=O)N[C@@H](CO)Cc1ccccc1)N1C(=O)/C(=C/c2ccc(F)cc2)SC1=S. The number of aliphatic hydroxyl groups is 1. The number of carbonyl (C=O) groups excluding carboxylic acids is 2. The lowest BCUT2D eigenvalue weighted by Crippen LogP contribution is -2.51. The molecule has 0 bridgehead atoms. The highest BCUT2D eigenvalue weighted by atomic mass is 32.2. The molecule has 1 heterocycles. The lowest BCUT2D eigenvalue weighted by Gasteiger charge is -2.25. The van der Waals surface area contributed by atoms with E-state index in [9.17, 15) is 19.1 Å². The number of nitrogens with one attached hydrogen (secondary N) is 1. The molecule has 0 aromatic heterocycles. The van der Waals surface area contributed by atoms with Gasteiger partial charge in [0.2, 0.25) is 5.91 Å². The second kappa shape index (κ2) is 9.97. The Morgan fingerprint density at radius 1 is 1.23 bits per heavy atom. The van der Waals surface area contributed by atoms with Crippen molar-refractivity contribution in [2.45, 2.75) is 25.4 Å². The maximum atomic E-state index is 13.1. The minimum Gasteiger partial charge on any atom is -0.394 e. The standard InChI is InChI=1S/C22H21FN2O3S2/c1-14(20(27)24-18(13-26)11-15-5-3-2-4-6-15)25-21(28)19(30-22(25)29)12-16-7-9-17(23)10-8-16/h2-10,12,14,18,26H,11,13H2,1H3,(H,24,27)/b19-12-/t14-,18-/m1/s1. The molecule has 1 aliphatic heterocycles. The van der Waals surface area contributed by atoms with E-state index in [1.54, 1.807) is 25.1 Å². The monoisotopic (exact) mass is 444 g/mol. The van der Waals surface area contributed by atoms with Crippen molar-refractivity contribution < 1.29 is 19.1 Å². The van der Waals surface area contributed by atoms with Crippen LogP contribution in [0.25, 0.3) is 6.08 Å². The van der Waals surface area contributed by atoms with E-state index in [1.807, 2.05) is 30.3 Å². The van der Waals surface area contributed by atoms with E-state index in [0.717, 1.165) is 17.3 Å². The van der Waals surface area contributed by atoms with Crippen molar-refractivity contribution in [1.82, 2.24) is 10.2 Å². The van der Waals surface area contributed by atoms with Gasteiger partial charge in [-0.25, -0.2) is 4.39 Å². The van der Waals surface area contributed by atoms with E-state index in [0.29, 0.717) is 16.9 Å². The minimum atomic E-state index is -0.832. The summed E-state index contributed by atoms with van der Waals surface area (Å²) in [7, 11) is 0. The van der Waals surface area contributed by atoms with Gasteiger partial charge in [0, 0.05) is 0 Å². The van der Waals surface area contributed by atoms with Crippen LogP contribution in [0.2, 0.25) is 0 Å². The van der Waals surface area contributed by atoms with Crippen molar-refractivity contribution >= 4 is 46.2 Å². The molecule has 2 atom stereocenters. The summed E-state index contributed by atoms with van der Waals surface area (Å²) in [4.78, 5) is 27.2. The Morgan fingerprint density at radius 3 is 2.53 bits per heavy atom. The predicted octanol–water partition coefficient (Wildman–Crippen LogP) is 3.14. The quantitative estimate of drug-likeness (QED) is 0.507. The Labute approximate surface area is 184 Å². The maximum absolute atomic E-state index is 13.1. The first-order valence-electron chi connectivity index (χ1n) is 9.37. The highest BCUT2D eigenvalue weighted by molar-refractivity contribution is 8.26. The third-order valence-corrected chi connectivity index (χ3v) is 5.98. The fourth-order valence-electron chi connectivity index (χ4n) is 3.02. The number of hydrogen-bond donors (Lipinski definition) is 2.